The number of carbonyl (C=O) groups is 2. The van der Waals surface area contributed by atoms with Gasteiger partial charge in [0.1, 0.15) is 5.82 Å². The highest BCUT2D eigenvalue weighted by atomic mass is 19.1. The monoisotopic (exact) mass is 389 g/mol. The maximum atomic E-state index is 13.7. The van der Waals surface area contributed by atoms with Gasteiger partial charge in [0.15, 0.2) is 0 Å². The van der Waals surface area contributed by atoms with Gasteiger partial charge in [0, 0.05) is 45.3 Å². The summed E-state index contributed by atoms with van der Waals surface area (Å²) in [7, 11) is 1.91. The summed E-state index contributed by atoms with van der Waals surface area (Å²) in [5, 5.41) is 0. The van der Waals surface area contributed by atoms with Gasteiger partial charge < -0.3 is 9.80 Å². The summed E-state index contributed by atoms with van der Waals surface area (Å²) in [6.07, 6.45) is 6.36. The Balaban J connectivity index is 1.44. The smallest absolute Gasteiger partial charge is 0.254 e. The average Bonchev–Trinajstić information content (AvgIpc) is 2.71. The number of halogens is 1. The Morgan fingerprint density at radius 2 is 1.79 bits per heavy atom. The molecule has 1 heterocycles. The molecule has 5 nitrogen and oxygen atoms in total. The molecule has 0 N–H and O–H groups in total. The van der Waals surface area contributed by atoms with Crippen molar-refractivity contribution < 1.29 is 14.0 Å². The largest absolute Gasteiger partial charge is 0.344 e. The third kappa shape index (κ3) is 5.31. The molecule has 0 atom stereocenters. The number of hydrogen-bond acceptors (Lipinski definition) is 3. The summed E-state index contributed by atoms with van der Waals surface area (Å²) in [6, 6.07) is 4.63. The normalized spacial score (nSPS) is 18.9. The van der Waals surface area contributed by atoms with Crippen molar-refractivity contribution >= 4 is 11.8 Å². The van der Waals surface area contributed by atoms with Crippen LogP contribution in [0.4, 0.5) is 4.39 Å². The lowest BCUT2D eigenvalue weighted by molar-refractivity contribution is -0.132. The van der Waals surface area contributed by atoms with E-state index in [9.17, 15) is 14.0 Å². The van der Waals surface area contributed by atoms with E-state index in [-0.39, 0.29) is 17.6 Å². The molecule has 2 fully saturated rings. The third-order valence-electron chi connectivity index (χ3n) is 6.12. The molecule has 1 aromatic rings. The van der Waals surface area contributed by atoms with Gasteiger partial charge in [-0.2, -0.15) is 0 Å². The van der Waals surface area contributed by atoms with Crippen LogP contribution in [0.5, 0.6) is 0 Å². The van der Waals surface area contributed by atoms with E-state index in [1.165, 1.54) is 38.2 Å². The van der Waals surface area contributed by atoms with Crippen molar-refractivity contribution in [3.8, 4) is 0 Å². The minimum Gasteiger partial charge on any atom is -0.344 e. The molecule has 1 aromatic carbocycles. The van der Waals surface area contributed by atoms with E-state index in [4.69, 9.17) is 0 Å². The highest BCUT2D eigenvalue weighted by molar-refractivity contribution is 5.94. The summed E-state index contributed by atoms with van der Waals surface area (Å²) in [5.74, 6) is 0.313. The number of benzene rings is 1. The number of aryl methyl sites for hydroxylation is 1. The van der Waals surface area contributed by atoms with Crippen LogP contribution in [-0.4, -0.2) is 72.8 Å². The van der Waals surface area contributed by atoms with Crippen LogP contribution in [-0.2, 0) is 4.79 Å². The number of carbonyl (C=O) groups excluding carboxylic acids is 2. The fourth-order valence-electron chi connectivity index (χ4n) is 4.19. The molecule has 3 rings (SSSR count). The van der Waals surface area contributed by atoms with Crippen LogP contribution >= 0.6 is 0 Å². The topological polar surface area (TPSA) is 43.9 Å². The van der Waals surface area contributed by atoms with Crippen molar-refractivity contribution in [3.05, 3.63) is 35.1 Å². The highest BCUT2D eigenvalue weighted by Gasteiger charge is 2.25. The molecule has 1 saturated carbocycles. The zero-order valence-corrected chi connectivity index (χ0v) is 17.1. The summed E-state index contributed by atoms with van der Waals surface area (Å²) >= 11 is 0. The Morgan fingerprint density at radius 1 is 1.11 bits per heavy atom. The number of piperazine rings is 1. The SMILES string of the molecule is Cc1ccc(C(=O)N2CCN(CC(=O)N(C)CC3CCCCC3)CC2)cc1F. The molecular formula is C22H32FN3O2. The van der Waals surface area contributed by atoms with Gasteiger partial charge in [0.2, 0.25) is 5.91 Å². The maximum Gasteiger partial charge on any atom is 0.254 e. The van der Waals surface area contributed by atoms with E-state index >= 15 is 0 Å². The Morgan fingerprint density at radius 3 is 2.43 bits per heavy atom. The lowest BCUT2D eigenvalue weighted by Crippen LogP contribution is -2.51. The first kappa shape index (κ1) is 20.8. The summed E-state index contributed by atoms with van der Waals surface area (Å²) < 4.78 is 13.7. The van der Waals surface area contributed by atoms with E-state index in [1.54, 1.807) is 24.0 Å². The highest BCUT2D eigenvalue weighted by Crippen LogP contribution is 2.24. The summed E-state index contributed by atoms with van der Waals surface area (Å²) in [6.45, 7) is 5.42. The van der Waals surface area contributed by atoms with Crippen LogP contribution in [0, 0.1) is 18.7 Å². The molecule has 0 unspecified atom stereocenters. The van der Waals surface area contributed by atoms with Gasteiger partial charge in [-0.05, 0) is 43.4 Å². The zero-order valence-electron chi connectivity index (χ0n) is 17.1. The van der Waals surface area contributed by atoms with Crippen molar-refractivity contribution in [2.75, 3.05) is 46.3 Å². The maximum absolute atomic E-state index is 13.7. The van der Waals surface area contributed by atoms with Gasteiger partial charge in [0.25, 0.3) is 5.91 Å². The summed E-state index contributed by atoms with van der Waals surface area (Å²) in [4.78, 5) is 30.9. The molecule has 1 saturated heterocycles. The molecule has 2 aliphatic rings. The second-order valence-electron chi connectivity index (χ2n) is 8.31. The van der Waals surface area contributed by atoms with Crippen molar-refractivity contribution in [1.29, 1.82) is 0 Å². The van der Waals surface area contributed by atoms with Gasteiger partial charge in [-0.15, -0.1) is 0 Å². The van der Waals surface area contributed by atoms with Crippen molar-refractivity contribution in [2.24, 2.45) is 5.92 Å². The van der Waals surface area contributed by atoms with Crippen LogP contribution < -0.4 is 0 Å². The first-order valence-corrected chi connectivity index (χ1v) is 10.5. The standard InChI is InChI=1S/C22H32FN3O2/c1-17-8-9-19(14-20(17)23)22(28)26-12-10-25(11-13-26)16-21(27)24(2)15-18-6-4-3-5-7-18/h8-9,14,18H,3-7,10-13,15-16H2,1-2H3. The summed E-state index contributed by atoms with van der Waals surface area (Å²) in [5.41, 5.74) is 0.928. The second kappa shape index (κ2) is 9.50. The Kier molecular flexibility index (Phi) is 7.05. The van der Waals surface area contributed by atoms with E-state index < -0.39 is 0 Å². The van der Waals surface area contributed by atoms with Gasteiger partial charge >= 0.3 is 0 Å². The van der Waals surface area contributed by atoms with Crippen molar-refractivity contribution in [1.82, 2.24) is 14.7 Å². The quantitative estimate of drug-likeness (QED) is 0.778. The number of nitrogens with zero attached hydrogens (tertiary/aromatic N) is 3. The average molecular weight is 390 g/mol. The van der Waals surface area contributed by atoms with Gasteiger partial charge in [-0.1, -0.05) is 25.3 Å². The molecule has 154 valence electrons. The molecule has 2 amide bonds. The van der Waals surface area contributed by atoms with E-state index in [0.717, 1.165) is 6.54 Å². The van der Waals surface area contributed by atoms with Gasteiger partial charge in [0.05, 0.1) is 6.54 Å². The van der Waals surface area contributed by atoms with Crippen molar-refractivity contribution in [2.45, 2.75) is 39.0 Å². The second-order valence-corrected chi connectivity index (χ2v) is 8.31. The molecule has 28 heavy (non-hydrogen) atoms. The van der Waals surface area contributed by atoms with Crippen LogP contribution in [0.15, 0.2) is 18.2 Å². The molecule has 0 radical (unpaired) electrons. The molecular weight excluding hydrogens is 357 g/mol. The first-order chi connectivity index (χ1) is 13.4. The molecule has 1 aliphatic carbocycles. The van der Waals surface area contributed by atoms with Crippen LogP contribution in [0.1, 0.15) is 48.0 Å². The van der Waals surface area contributed by atoms with Crippen molar-refractivity contribution in [3.63, 3.8) is 0 Å². The lowest BCUT2D eigenvalue weighted by Gasteiger charge is -2.35. The predicted molar refractivity (Wildman–Crippen MR) is 108 cm³/mol. The third-order valence-corrected chi connectivity index (χ3v) is 6.12. The van der Waals surface area contributed by atoms with E-state index in [2.05, 4.69) is 4.90 Å². The minimum absolute atomic E-state index is 0.140. The Labute approximate surface area is 167 Å². The molecule has 0 aromatic heterocycles. The van der Waals surface area contributed by atoms with Crippen LogP contribution in [0.3, 0.4) is 0 Å². The molecule has 0 spiro atoms. The van der Waals surface area contributed by atoms with Crippen LogP contribution in [0.25, 0.3) is 0 Å². The minimum atomic E-state index is -0.351. The van der Waals surface area contributed by atoms with Gasteiger partial charge in [-0.25, -0.2) is 4.39 Å². The fraction of sp³-hybridized carbons (Fsp3) is 0.636. The number of rotatable bonds is 5. The predicted octanol–water partition coefficient (Wildman–Crippen LogP) is 2.93. The first-order valence-electron chi connectivity index (χ1n) is 10.5. The van der Waals surface area contributed by atoms with Gasteiger partial charge in [-0.3, -0.25) is 14.5 Å². The zero-order chi connectivity index (χ0) is 20.1. The van der Waals surface area contributed by atoms with E-state index in [1.807, 2.05) is 11.9 Å². The number of amides is 2. The number of likely N-dealkylation sites (N-methyl/N-ethyl adjacent to an activating group) is 1. The Hall–Kier alpha value is -1.95. The molecule has 1 aliphatic heterocycles. The lowest BCUT2D eigenvalue weighted by atomic mass is 9.89. The Bertz CT molecular complexity index is 695. The molecule has 6 heteroatoms. The molecule has 0 bridgehead atoms. The fourth-order valence-corrected chi connectivity index (χ4v) is 4.19. The van der Waals surface area contributed by atoms with Crippen LogP contribution in [0.2, 0.25) is 0 Å². The van der Waals surface area contributed by atoms with E-state index in [0.29, 0.717) is 49.8 Å². The number of hydrogen-bond donors (Lipinski definition) is 0.